The summed E-state index contributed by atoms with van der Waals surface area (Å²) >= 11 is 0. The quantitative estimate of drug-likeness (QED) is 0.426. The molecule has 0 spiro atoms. The van der Waals surface area contributed by atoms with E-state index in [-0.39, 0.29) is 11.5 Å². The average molecular weight is 152 g/mol. The van der Waals surface area contributed by atoms with Gasteiger partial charge in [0.2, 0.25) is 0 Å². The van der Waals surface area contributed by atoms with E-state index in [4.69, 9.17) is 10.2 Å². The Bertz CT molecular complexity index is 179. The summed E-state index contributed by atoms with van der Waals surface area (Å²) in [6.07, 6.45) is -2.15. The standard InChI is InChI=1S/C4H8O4S/c5-3-1-9(7,8)2-4(3)6/h3-6H,1-2H2/t3-,4-/m0/s1. The molecular formula is C4H8O4S. The predicted octanol–water partition coefficient (Wildman–Crippen LogP) is -1.86. The molecule has 2 N–H and O–H groups in total. The molecule has 0 aromatic rings. The lowest BCUT2D eigenvalue weighted by Gasteiger charge is -2.00. The van der Waals surface area contributed by atoms with Crippen LogP contribution >= 0.6 is 0 Å². The summed E-state index contributed by atoms with van der Waals surface area (Å²) in [7, 11) is -3.14. The first-order valence-electron chi connectivity index (χ1n) is 2.58. The lowest BCUT2D eigenvalue weighted by atomic mass is 10.3. The molecular weight excluding hydrogens is 144 g/mol. The zero-order chi connectivity index (χ0) is 7.07. The van der Waals surface area contributed by atoms with Crippen molar-refractivity contribution in [1.82, 2.24) is 0 Å². The summed E-state index contributed by atoms with van der Waals surface area (Å²) < 4.78 is 21.1. The molecule has 0 aliphatic carbocycles. The van der Waals surface area contributed by atoms with Crippen LogP contribution in [-0.2, 0) is 9.84 Å². The van der Waals surface area contributed by atoms with E-state index >= 15 is 0 Å². The van der Waals surface area contributed by atoms with Crippen molar-refractivity contribution in [3.63, 3.8) is 0 Å². The third-order valence-corrected chi connectivity index (χ3v) is 2.99. The van der Waals surface area contributed by atoms with Crippen molar-refractivity contribution in [2.24, 2.45) is 0 Å². The molecule has 0 aromatic heterocycles. The molecule has 1 heterocycles. The van der Waals surface area contributed by atoms with E-state index in [9.17, 15) is 8.42 Å². The minimum absolute atomic E-state index is 0.297. The van der Waals surface area contributed by atoms with Crippen molar-refractivity contribution in [3.8, 4) is 0 Å². The van der Waals surface area contributed by atoms with Crippen molar-refractivity contribution in [2.45, 2.75) is 12.2 Å². The predicted molar refractivity (Wildman–Crippen MR) is 30.7 cm³/mol. The molecule has 0 bridgehead atoms. The molecule has 1 aliphatic rings. The lowest BCUT2D eigenvalue weighted by Crippen LogP contribution is -2.22. The Morgan fingerprint density at radius 3 is 1.56 bits per heavy atom. The minimum Gasteiger partial charge on any atom is -0.389 e. The highest BCUT2D eigenvalue weighted by Gasteiger charge is 2.34. The van der Waals surface area contributed by atoms with Gasteiger partial charge in [-0.3, -0.25) is 0 Å². The van der Waals surface area contributed by atoms with E-state index in [1.165, 1.54) is 0 Å². The Morgan fingerprint density at radius 1 is 1.11 bits per heavy atom. The number of aliphatic hydroxyl groups excluding tert-OH is 2. The number of hydrogen-bond acceptors (Lipinski definition) is 4. The number of sulfone groups is 1. The van der Waals surface area contributed by atoms with Gasteiger partial charge >= 0.3 is 0 Å². The second-order valence-corrected chi connectivity index (χ2v) is 4.37. The van der Waals surface area contributed by atoms with Gasteiger partial charge in [-0.25, -0.2) is 8.42 Å². The van der Waals surface area contributed by atoms with E-state index in [0.717, 1.165) is 0 Å². The van der Waals surface area contributed by atoms with Crippen molar-refractivity contribution in [1.29, 1.82) is 0 Å². The fourth-order valence-corrected chi connectivity index (χ4v) is 2.43. The second kappa shape index (κ2) is 1.93. The van der Waals surface area contributed by atoms with Gasteiger partial charge in [0.15, 0.2) is 9.84 Å². The van der Waals surface area contributed by atoms with Crippen LogP contribution in [0, 0.1) is 0 Å². The van der Waals surface area contributed by atoms with Crippen LogP contribution in [0.5, 0.6) is 0 Å². The molecule has 0 unspecified atom stereocenters. The molecule has 2 atom stereocenters. The molecule has 0 radical (unpaired) electrons. The minimum atomic E-state index is -3.14. The zero-order valence-electron chi connectivity index (χ0n) is 4.69. The van der Waals surface area contributed by atoms with Crippen molar-refractivity contribution in [2.75, 3.05) is 11.5 Å². The number of hydrogen-bond donors (Lipinski definition) is 2. The van der Waals surface area contributed by atoms with Gasteiger partial charge in [-0.1, -0.05) is 0 Å². The molecule has 5 heteroatoms. The molecule has 0 saturated carbocycles. The highest BCUT2D eigenvalue weighted by atomic mass is 32.2. The van der Waals surface area contributed by atoms with E-state index in [0.29, 0.717) is 0 Å². The van der Waals surface area contributed by atoms with Gasteiger partial charge in [0, 0.05) is 0 Å². The Balaban J connectivity index is 2.77. The first-order chi connectivity index (χ1) is 4.01. The summed E-state index contributed by atoms with van der Waals surface area (Å²) in [5, 5.41) is 17.4. The molecule has 1 fully saturated rings. The van der Waals surface area contributed by atoms with Gasteiger partial charge < -0.3 is 10.2 Å². The first kappa shape index (κ1) is 6.98. The third-order valence-electron chi connectivity index (χ3n) is 1.29. The van der Waals surface area contributed by atoms with Crippen molar-refractivity contribution < 1.29 is 18.6 Å². The van der Waals surface area contributed by atoms with E-state index in [2.05, 4.69) is 0 Å². The SMILES string of the molecule is O=S1(=O)C[C@H](O)[C@@H](O)C1. The summed E-state index contributed by atoms with van der Waals surface area (Å²) in [5.74, 6) is -0.595. The van der Waals surface area contributed by atoms with Gasteiger partial charge in [-0.15, -0.1) is 0 Å². The maximum Gasteiger partial charge on any atom is 0.155 e. The van der Waals surface area contributed by atoms with E-state index < -0.39 is 22.0 Å². The summed E-state index contributed by atoms with van der Waals surface area (Å²) in [5.41, 5.74) is 0. The molecule has 9 heavy (non-hydrogen) atoms. The highest BCUT2D eigenvalue weighted by molar-refractivity contribution is 7.91. The second-order valence-electron chi connectivity index (χ2n) is 2.21. The monoisotopic (exact) mass is 152 g/mol. The van der Waals surface area contributed by atoms with E-state index in [1.807, 2.05) is 0 Å². The van der Waals surface area contributed by atoms with Gasteiger partial charge in [0.25, 0.3) is 0 Å². The summed E-state index contributed by atoms with van der Waals surface area (Å²) in [6, 6.07) is 0. The molecule has 1 saturated heterocycles. The Kier molecular flexibility index (Phi) is 1.50. The van der Waals surface area contributed by atoms with Crippen LogP contribution in [0.3, 0.4) is 0 Å². The van der Waals surface area contributed by atoms with Crippen LogP contribution in [0.15, 0.2) is 0 Å². The fourth-order valence-electron chi connectivity index (χ4n) is 0.811. The van der Waals surface area contributed by atoms with Crippen LogP contribution in [-0.4, -0.2) is 42.3 Å². The van der Waals surface area contributed by atoms with Crippen molar-refractivity contribution >= 4 is 9.84 Å². The van der Waals surface area contributed by atoms with Gasteiger partial charge in [-0.2, -0.15) is 0 Å². The van der Waals surface area contributed by atoms with Crippen LogP contribution in [0.25, 0.3) is 0 Å². The smallest absolute Gasteiger partial charge is 0.155 e. The van der Waals surface area contributed by atoms with Crippen LogP contribution in [0.1, 0.15) is 0 Å². The van der Waals surface area contributed by atoms with E-state index in [1.54, 1.807) is 0 Å². The summed E-state index contributed by atoms with van der Waals surface area (Å²) in [4.78, 5) is 0. The molecule has 0 amide bonds. The van der Waals surface area contributed by atoms with Gasteiger partial charge in [-0.05, 0) is 0 Å². The molecule has 0 aromatic carbocycles. The first-order valence-corrected chi connectivity index (χ1v) is 4.40. The summed E-state index contributed by atoms with van der Waals surface area (Å²) in [6.45, 7) is 0. The van der Waals surface area contributed by atoms with Gasteiger partial charge in [0.05, 0.1) is 23.7 Å². The van der Waals surface area contributed by atoms with Crippen LogP contribution < -0.4 is 0 Å². The van der Waals surface area contributed by atoms with Crippen LogP contribution in [0.4, 0.5) is 0 Å². The highest BCUT2D eigenvalue weighted by Crippen LogP contribution is 2.11. The Hall–Kier alpha value is -0.130. The topological polar surface area (TPSA) is 74.6 Å². The maximum absolute atomic E-state index is 10.5. The Morgan fingerprint density at radius 2 is 1.44 bits per heavy atom. The molecule has 1 aliphatic heterocycles. The lowest BCUT2D eigenvalue weighted by molar-refractivity contribution is 0.0572. The molecule has 1 rings (SSSR count). The van der Waals surface area contributed by atoms with Gasteiger partial charge in [0.1, 0.15) is 0 Å². The Labute approximate surface area is 53.0 Å². The molecule has 4 nitrogen and oxygen atoms in total. The third kappa shape index (κ3) is 1.41. The number of rotatable bonds is 0. The maximum atomic E-state index is 10.5. The zero-order valence-corrected chi connectivity index (χ0v) is 5.50. The largest absolute Gasteiger partial charge is 0.389 e. The van der Waals surface area contributed by atoms with Crippen LogP contribution in [0.2, 0.25) is 0 Å². The normalized spacial score (nSPS) is 41.1. The molecule has 54 valence electrons. The average Bonchev–Trinajstić information content (AvgIpc) is 1.79. The van der Waals surface area contributed by atoms with Crippen molar-refractivity contribution in [3.05, 3.63) is 0 Å². The fraction of sp³-hybridized carbons (Fsp3) is 1.00. The number of aliphatic hydroxyl groups is 2.